The van der Waals surface area contributed by atoms with Gasteiger partial charge >= 0.3 is 0 Å². The van der Waals surface area contributed by atoms with Gasteiger partial charge in [-0.25, -0.2) is 8.42 Å². The molecule has 1 fully saturated rings. The minimum Gasteiger partial charge on any atom is -0.274 e. The summed E-state index contributed by atoms with van der Waals surface area (Å²) >= 11 is 0. The minimum atomic E-state index is -3.42. The standard InChI is InChI=1S/C17H23N3O2S/c1-14-5-7-15(8-6-14)10-16-4-3-9-20(12-16)23(21,22)17-11-18-19(2)13-17/h5-8,11,13,16H,3-4,9-10,12H2,1-2H3/t16-/m0/s1. The zero-order valence-corrected chi connectivity index (χ0v) is 14.5. The van der Waals surface area contributed by atoms with Crippen molar-refractivity contribution in [1.29, 1.82) is 0 Å². The Morgan fingerprint density at radius 1 is 1.26 bits per heavy atom. The van der Waals surface area contributed by atoms with E-state index in [-0.39, 0.29) is 4.90 Å². The molecule has 0 spiro atoms. The van der Waals surface area contributed by atoms with E-state index in [0.29, 0.717) is 19.0 Å². The topological polar surface area (TPSA) is 55.2 Å². The molecular formula is C17H23N3O2S. The molecule has 1 aromatic heterocycles. The Labute approximate surface area is 138 Å². The summed E-state index contributed by atoms with van der Waals surface area (Å²) in [6.07, 6.45) is 5.92. The summed E-state index contributed by atoms with van der Waals surface area (Å²) in [4.78, 5) is 0.288. The SMILES string of the molecule is Cc1ccc(C[C@@H]2CCCN(S(=O)(=O)c3cnn(C)c3)C2)cc1. The van der Waals surface area contributed by atoms with Crippen LogP contribution in [0.5, 0.6) is 0 Å². The molecular weight excluding hydrogens is 310 g/mol. The molecule has 23 heavy (non-hydrogen) atoms. The van der Waals surface area contributed by atoms with Gasteiger partial charge in [0.25, 0.3) is 0 Å². The van der Waals surface area contributed by atoms with E-state index in [1.165, 1.54) is 22.0 Å². The van der Waals surface area contributed by atoms with Crippen molar-refractivity contribution in [2.45, 2.75) is 31.1 Å². The molecule has 0 amide bonds. The molecule has 0 bridgehead atoms. The second-order valence-corrected chi connectivity index (χ2v) is 8.35. The number of rotatable bonds is 4. The fourth-order valence-corrected chi connectivity index (χ4v) is 4.69. The van der Waals surface area contributed by atoms with Crippen molar-refractivity contribution < 1.29 is 8.42 Å². The highest BCUT2D eigenvalue weighted by Crippen LogP contribution is 2.25. The number of benzene rings is 1. The van der Waals surface area contributed by atoms with Crippen molar-refractivity contribution >= 4 is 10.0 Å². The zero-order chi connectivity index (χ0) is 16.4. The van der Waals surface area contributed by atoms with Gasteiger partial charge in [-0.05, 0) is 37.7 Å². The number of nitrogens with zero attached hydrogens (tertiary/aromatic N) is 3. The van der Waals surface area contributed by atoms with Crippen LogP contribution in [0.3, 0.4) is 0 Å². The van der Waals surface area contributed by atoms with E-state index < -0.39 is 10.0 Å². The first-order valence-corrected chi connectivity index (χ1v) is 9.43. The third-order valence-electron chi connectivity index (χ3n) is 4.45. The molecule has 3 rings (SSSR count). The van der Waals surface area contributed by atoms with Crippen molar-refractivity contribution in [1.82, 2.24) is 14.1 Å². The highest BCUT2D eigenvalue weighted by molar-refractivity contribution is 7.89. The molecule has 5 nitrogen and oxygen atoms in total. The molecule has 1 saturated heterocycles. The molecule has 1 aromatic carbocycles. The quantitative estimate of drug-likeness (QED) is 0.863. The molecule has 2 aromatic rings. The van der Waals surface area contributed by atoms with Crippen LogP contribution in [0.4, 0.5) is 0 Å². The maximum Gasteiger partial charge on any atom is 0.246 e. The molecule has 0 aliphatic carbocycles. The predicted molar refractivity (Wildman–Crippen MR) is 89.6 cm³/mol. The lowest BCUT2D eigenvalue weighted by atomic mass is 9.92. The third kappa shape index (κ3) is 3.64. The van der Waals surface area contributed by atoms with Gasteiger partial charge in [0.2, 0.25) is 10.0 Å². The van der Waals surface area contributed by atoms with Crippen LogP contribution in [0.2, 0.25) is 0 Å². The number of hydrogen-bond donors (Lipinski definition) is 0. The normalized spacial score (nSPS) is 19.8. The summed E-state index contributed by atoms with van der Waals surface area (Å²) in [5.74, 6) is 0.373. The van der Waals surface area contributed by atoms with Crippen LogP contribution in [0.15, 0.2) is 41.6 Å². The fourth-order valence-electron chi connectivity index (χ4n) is 3.15. The fraction of sp³-hybridized carbons (Fsp3) is 0.471. The predicted octanol–water partition coefficient (Wildman–Crippen LogP) is 2.37. The average molecular weight is 333 g/mol. The maximum atomic E-state index is 12.7. The molecule has 124 valence electrons. The van der Waals surface area contributed by atoms with E-state index in [4.69, 9.17) is 0 Å². The third-order valence-corrected chi connectivity index (χ3v) is 6.26. The van der Waals surface area contributed by atoms with Crippen molar-refractivity contribution in [3.8, 4) is 0 Å². The van der Waals surface area contributed by atoms with Crippen LogP contribution >= 0.6 is 0 Å². The van der Waals surface area contributed by atoms with Gasteiger partial charge in [-0.1, -0.05) is 29.8 Å². The number of aryl methyl sites for hydroxylation is 2. The minimum absolute atomic E-state index is 0.288. The van der Waals surface area contributed by atoms with Gasteiger partial charge in [0, 0.05) is 26.3 Å². The summed E-state index contributed by atoms with van der Waals surface area (Å²) in [6.45, 7) is 3.26. The van der Waals surface area contributed by atoms with E-state index in [0.717, 1.165) is 19.3 Å². The molecule has 1 aliphatic rings. The molecule has 1 aliphatic heterocycles. The monoisotopic (exact) mass is 333 g/mol. The molecule has 0 radical (unpaired) electrons. The zero-order valence-electron chi connectivity index (χ0n) is 13.6. The van der Waals surface area contributed by atoms with Crippen LogP contribution in [-0.2, 0) is 23.5 Å². The second kappa shape index (κ2) is 6.45. The highest BCUT2D eigenvalue weighted by Gasteiger charge is 2.31. The van der Waals surface area contributed by atoms with E-state index >= 15 is 0 Å². The Bertz CT molecular complexity index is 765. The molecule has 6 heteroatoms. The second-order valence-electron chi connectivity index (χ2n) is 6.41. The Hall–Kier alpha value is -1.66. The maximum absolute atomic E-state index is 12.7. The van der Waals surface area contributed by atoms with Crippen molar-refractivity contribution in [2.24, 2.45) is 13.0 Å². The highest BCUT2D eigenvalue weighted by atomic mass is 32.2. The lowest BCUT2D eigenvalue weighted by molar-refractivity contribution is 0.265. The Morgan fingerprint density at radius 3 is 2.65 bits per heavy atom. The van der Waals surface area contributed by atoms with Crippen LogP contribution in [0.1, 0.15) is 24.0 Å². The average Bonchev–Trinajstić information content (AvgIpc) is 2.97. The summed E-state index contributed by atoms with van der Waals surface area (Å²) in [7, 11) is -1.69. The first-order valence-electron chi connectivity index (χ1n) is 7.99. The molecule has 2 heterocycles. The van der Waals surface area contributed by atoms with Crippen LogP contribution in [0, 0.1) is 12.8 Å². The van der Waals surface area contributed by atoms with Crippen LogP contribution in [-0.4, -0.2) is 35.6 Å². The lowest BCUT2D eigenvalue weighted by Crippen LogP contribution is -2.40. The van der Waals surface area contributed by atoms with Crippen molar-refractivity contribution in [3.63, 3.8) is 0 Å². The molecule has 1 atom stereocenters. The number of piperidine rings is 1. The number of hydrogen-bond acceptors (Lipinski definition) is 3. The summed E-state index contributed by atoms with van der Waals surface area (Å²) in [5.41, 5.74) is 2.53. The van der Waals surface area contributed by atoms with Crippen LogP contribution in [0.25, 0.3) is 0 Å². The Kier molecular flexibility index (Phi) is 4.55. The van der Waals surface area contributed by atoms with Gasteiger partial charge in [-0.2, -0.15) is 9.40 Å². The van der Waals surface area contributed by atoms with Gasteiger partial charge in [-0.15, -0.1) is 0 Å². The molecule has 0 unspecified atom stereocenters. The van der Waals surface area contributed by atoms with Gasteiger partial charge < -0.3 is 0 Å². The summed E-state index contributed by atoms with van der Waals surface area (Å²) in [5, 5.41) is 3.98. The summed E-state index contributed by atoms with van der Waals surface area (Å²) < 4.78 is 28.6. The summed E-state index contributed by atoms with van der Waals surface area (Å²) in [6, 6.07) is 8.51. The van der Waals surface area contributed by atoms with Crippen molar-refractivity contribution in [2.75, 3.05) is 13.1 Å². The first kappa shape index (κ1) is 16.2. The molecule has 0 saturated carbocycles. The van der Waals surface area contributed by atoms with Gasteiger partial charge in [0.05, 0.1) is 6.20 Å². The number of aromatic nitrogens is 2. The van der Waals surface area contributed by atoms with Crippen molar-refractivity contribution in [3.05, 3.63) is 47.8 Å². The van der Waals surface area contributed by atoms with E-state index in [9.17, 15) is 8.42 Å². The van der Waals surface area contributed by atoms with E-state index in [1.807, 2.05) is 0 Å². The largest absolute Gasteiger partial charge is 0.274 e. The smallest absolute Gasteiger partial charge is 0.246 e. The van der Waals surface area contributed by atoms with E-state index in [1.54, 1.807) is 17.5 Å². The van der Waals surface area contributed by atoms with Gasteiger partial charge in [-0.3, -0.25) is 4.68 Å². The van der Waals surface area contributed by atoms with Gasteiger partial charge in [0.1, 0.15) is 4.90 Å². The number of sulfonamides is 1. The van der Waals surface area contributed by atoms with Gasteiger partial charge in [0.15, 0.2) is 0 Å². The molecule has 0 N–H and O–H groups in total. The first-order chi connectivity index (χ1) is 10.9. The Balaban J connectivity index is 1.71. The van der Waals surface area contributed by atoms with Crippen LogP contribution < -0.4 is 0 Å². The Morgan fingerprint density at radius 2 is 2.00 bits per heavy atom. The lowest BCUT2D eigenvalue weighted by Gasteiger charge is -2.31. The van der Waals surface area contributed by atoms with E-state index in [2.05, 4.69) is 36.3 Å².